The monoisotopic (exact) mass is 448 g/mol. The van der Waals surface area contributed by atoms with Gasteiger partial charge in [0.05, 0.1) is 19.3 Å². The molecular formula is C22H32N4O6. The first-order valence-corrected chi connectivity index (χ1v) is 11.1. The van der Waals surface area contributed by atoms with Gasteiger partial charge in [0.25, 0.3) is 0 Å². The maximum Gasteiger partial charge on any atom is 0.326 e. The second-order valence-corrected chi connectivity index (χ2v) is 8.26. The first-order chi connectivity index (χ1) is 15.4. The van der Waals surface area contributed by atoms with E-state index in [2.05, 4.69) is 15.2 Å². The Labute approximate surface area is 187 Å². The van der Waals surface area contributed by atoms with Crippen molar-refractivity contribution in [1.82, 2.24) is 10.2 Å². The van der Waals surface area contributed by atoms with Crippen LogP contribution in [0.25, 0.3) is 0 Å². The molecule has 5 unspecified atom stereocenters. The van der Waals surface area contributed by atoms with Crippen molar-refractivity contribution < 1.29 is 29.0 Å². The molecule has 10 heteroatoms. The molecule has 1 aliphatic carbocycles. The van der Waals surface area contributed by atoms with Crippen LogP contribution in [0.3, 0.4) is 0 Å². The molecule has 0 aromatic carbocycles. The fourth-order valence-electron chi connectivity index (χ4n) is 4.06. The average Bonchev–Trinajstić information content (AvgIpc) is 3.20. The van der Waals surface area contributed by atoms with Crippen molar-refractivity contribution in [3.05, 3.63) is 24.3 Å². The molecule has 5 atom stereocenters. The van der Waals surface area contributed by atoms with Gasteiger partial charge < -0.3 is 25.6 Å². The summed E-state index contributed by atoms with van der Waals surface area (Å²) in [6.07, 6.45) is 9.91. The number of aliphatic carboxylic acids is 1. The van der Waals surface area contributed by atoms with Crippen LogP contribution in [0.15, 0.2) is 29.3 Å². The highest BCUT2D eigenvalue weighted by Gasteiger charge is 2.34. The van der Waals surface area contributed by atoms with Crippen LogP contribution in [-0.2, 0) is 23.9 Å². The van der Waals surface area contributed by atoms with Gasteiger partial charge in [-0.15, -0.1) is 0 Å². The van der Waals surface area contributed by atoms with Gasteiger partial charge in [-0.25, -0.2) is 4.79 Å². The number of allylic oxidation sites excluding steroid dienone is 2. The summed E-state index contributed by atoms with van der Waals surface area (Å²) < 4.78 is 10.5. The Morgan fingerprint density at radius 1 is 1.25 bits per heavy atom. The van der Waals surface area contributed by atoms with Crippen LogP contribution in [0.2, 0.25) is 0 Å². The summed E-state index contributed by atoms with van der Waals surface area (Å²) in [6, 6.07) is -1.94. The number of rotatable bonds is 11. The number of carbonyl (C=O) groups excluding carboxylic acids is 2. The van der Waals surface area contributed by atoms with E-state index in [0.717, 1.165) is 13.1 Å². The molecular weight excluding hydrogens is 416 g/mol. The van der Waals surface area contributed by atoms with Gasteiger partial charge in [0.1, 0.15) is 18.7 Å². The lowest BCUT2D eigenvalue weighted by Gasteiger charge is -2.26. The summed E-state index contributed by atoms with van der Waals surface area (Å²) in [5.74, 6) is -2.08. The molecule has 0 bridgehead atoms. The number of amides is 1. The van der Waals surface area contributed by atoms with Gasteiger partial charge in [0.15, 0.2) is 0 Å². The van der Waals surface area contributed by atoms with Gasteiger partial charge in [-0.05, 0) is 12.8 Å². The Balaban J connectivity index is 1.36. The normalized spacial score (nSPS) is 26.3. The lowest BCUT2D eigenvalue weighted by molar-refractivity contribution is -0.146. The molecule has 0 aromatic rings. The third-order valence-corrected chi connectivity index (χ3v) is 5.97. The Kier molecular flexibility index (Phi) is 8.95. The zero-order valence-corrected chi connectivity index (χ0v) is 18.1. The van der Waals surface area contributed by atoms with Crippen LogP contribution >= 0.6 is 0 Å². The van der Waals surface area contributed by atoms with E-state index in [1.54, 1.807) is 6.21 Å². The highest BCUT2D eigenvalue weighted by molar-refractivity contribution is 5.84. The van der Waals surface area contributed by atoms with Crippen LogP contribution in [-0.4, -0.2) is 91.6 Å². The minimum Gasteiger partial charge on any atom is -0.480 e. The zero-order chi connectivity index (χ0) is 22.9. The highest BCUT2D eigenvalue weighted by Crippen LogP contribution is 2.31. The van der Waals surface area contributed by atoms with Crippen molar-refractivity contribution >= 4 is 24.1 Å². The van der Waals surface area contributed by atoms with E-state index in [-0.39, 0.29) is 43.7 Å². The van der Waals surface area contributed by atoms with Crippen molar-refractivity contribution in [2.45, 2.75) is 37.4 Å². The van der Waals surface area contributed by atoms with E-state index < -0.39 is 29.9 Å². The van der Waals surface area contributed by atoms with Gasteiger partial charge >= 0.3 is 11.9 Å². The van der Waals surface area contributed by atoms with Crippen LogP contribution < -0.4 is 11.1 Å². The van der Waals surface area contributed by atoms with E-state index in [1.165, 1.54) is 0 Å². The predicted octanol–water partition coefficient (Wildman–Crippen LogP) is -0.260. The maximum atomic E-state index is 12.3. The number of hydrogen-bond donors (Lipinski definition) is 3. The fourth-order valence-corrected chi connectivity index (χ4v) is 4.06. The quantitative estimate of drug-likeness (QED) is 0.367. The largest absolute Gasteiger partial charge is 0.480 e. The van der Waals surface area contributed by atoms with Gasteiger partial charge in [-0.2, -0.15) is 0 Å². The molecule has 3 rings (SSSR count). The van der Waals surface area contributed by atoms with E-state index in [4.69, 9.17) is 15.2 Å². The molecule has 1 saturated heterocycles. The van der Waals surface area contributed by atoms with Gasteiger partial charge in [0, 0.05) is 44.1 Å². The number of ether oxygens (including phenoxy) is 2. The number of carbonyl (C=O) groups is 3. The number of aliphatic imine (C=N–C) groups is 1. The lowest BCUT2D eigenvalue weighted by atomic mass is 9.83. The van der Waals surface area contributed by atoms with Crippen molar-refractivity contribution in [3.8, 4) is 0 Å². The minimum atomic E-state index is -1.10. The van der Waals surface area contributed by atoms with Crippen LogP contribution in [0.1, 0.15) is 19.3 Å². The predicted molar refractivity (Wildman–Crippen MR) is 117 cm³/mol. The first-order valence-electron chi connectivity index (χ1n) is 11.1. The maximum absolute atomic E-state index is 12.3. The van der Waals surface area contributed by atoms with Crippen molar-refractivity contribution in [2.24, 2.45) is 22.6 Å². The van der Waals surface area contributed by atoms with Crippen molar-refractivity contribution in [1.29, 1.82) is 0 Å². The third kappa shape index (κ3) is 6.98. The molecule has 4 N–H and O–H groups in total. The molecule has 3 aliphatic rings. The van der Waals surface area contributed by atoms with Gasteiger partial charge in [-0.3, -0.25) is 19.5 Å². The standard InChI is InChI=1S/C22H32N4O6/c23-17(22(30)32-12-9-26-7-10-31-11-8-26)5-6-20(27)25-19(21(28)29)13-15-14-24-18-4-2-1-3-16(15)18/h1-4,14-19H,5-13,23H2,(H,25,27)(H,28,29). The summed E-state index contributed by atoms with van der Waals surface area (Å²) >= 11 is 0. The first kappa shape index (κ1) is 24.1. The topological polar surface area (TPSA) is 144 Å². The van der Waals surface area contributed by atoms with E-state index in [0.29, 0.717) is 19.8 Å². The summed E-state index contributed by atoms with van der Waals surface area (Å²) in [7, 11) is 0. The van der Waals surface area contributed by atoms with Crippen LogP contribution in [0.4, 0.5) is 0 Å². The Morgan fingerprint density at radius 2 is 2.00 bits per heavy atom. The van der Waals surface area contributed by atoms with Crippen molar-refractivity contribution in [2.75, 3.05) is 39.5 Å². The highest BCUT2D eigenvalue weighted by atomic mass is 16.5. The number of carboxylic acid groups (broad SMARTS) is 1. The molecule has 1 amide bonds. The van der Waals surface area contributed by atoms with Crippen molar-refractivity contribution in [3.63, 3.8) is 0 Å². The molecule has 10 nitrogen and oxygen atoms in total. The molecule has 32 heavy (non-hydrogen) atoms. The lowest BCUT2D eigenvalue weighted by Crippen LogP contribution is -2.44. The number of nitrogens with zero attached hydrogens (tertiary/aromatic N) is 2. The minimum absolute atomic E-state index is 0.0300. The Bertz CT molecular complexity index is 762. The second-order valence-electron chi connectivity index (χ2n) is 8.26. The summed E-state index contributed by atoms with van der Waals surface area (Å²) in [5.41, 5.74) is 5.84. The Morgan fingerprint density at radius 3 is 2.75 bits per heavy atom. The number of esters is 1. The molecule has 0 spiro atoms. The molecule has 2 heterocycles. The van der Waals surface area contributed by atoms with Crippen LogP contribution in [0, 0.1) is 11.8 Å². The average molecular weight is 449 g/mol. The molecule has 2 aliphatic heterocycles. The fraction of sp³-hybridized carbons (Fsp3) is 0.636. The summed E-state index contributed by atoms with van der Waals surface area (Å²) in [4.78, 5) is 42.6. The Hall–Kier alpha value is -2.56. The van der Waals surface area contributed by atoms with Gasteiger partial charge in [-0.1, -0.05) is 24.3 Å². The van der Waals surface area contributed by atoms with E-state index in [1.807, 2.05) is 24.3 Å². The molecule has 1 fully saturated rings. The number of carboxylic acids is 1. The number of nitrogens with one attached hydrogen (secondary N) is 1. The SMILES string of the molecule is NC(CCC(=O)NC(CC1C=NC2C=CC=CC12)C(=O)O)C(=O)OCCN1CCOCC1. The van der Waals surface area contributed by atoms with Crippen LogP contribution in [0.5, 0.6) is 0 Å². The molecule has 0 aromatic heterocycles. The number of morpholine rings is 1. The summed E-state index contributed by atoms with van der Waals surface area (Å²) in [6.45, 7) is 3.78. The second kappa shape index (κ2) is 11.9. The summed E-state index contributed by atoms with van der Waals surface area (Å²) in [5, 5.41) is 12.1. The molecule has 0 radical (unpaired) electrons. The number of fused-ring (bicyclic) bond motifs is 1. The third-order valence-electron chi connectivity index (χ3n) is 5.97. The molecule has 0 saturated carbocycles. The number of hydrogen-bond acceptors (Lipinski definition) is 8. The number of nitrogens with two attached hydrogens (primary N) is 1. The smallest absolute Gasteiger partial charge is 0.326 e. The van der Waals surface area contributed by atoms with E-state index in [9.17, 15) is 19.5 Å². The zero-order valence-electron chi connectivity index (χ0n) is 18.1. The van der Waals surface area contributed by atoms with Gasteiger partial charge in [0.2, 0.25) is 5.91 Å². The molecule has 176 valence electrons. The van der Waals surface area contributed by atoms with E-state index >= 15 is 0 Å².